The Morgan fingerprint density at radius 2 is 1.24 bits per heavy atom. The van der Waals surface area contributed by atoms with Crippen molar-refractivity contribution < 1.29 is 0 Å². The topological polar surface area (TPSA) is 12.9 Å². The summed E-state index contributed by atoms with van der Waals surface area (Å²) < 4.78 is 1.23. The number of nitrogens with zero attached hydrogens (tertiary/aromatic N) is 1. The van der Waals surface area contributed by atoms with E-state index in [1.165, 1.54) is 48.5 Å². The van der Waals surface area contributed by atoms with E-state index in [2.05, 4.69) is 102 Å². The number of rotatable bonds is 2. The van der Waals surface area contributed by atoms with Crippen LogP contribution in [-0.2, 0) is 0 Å². The van der Waals surface area contributed by atoms with Crippen LogP contribution in [0, 0.1) is 0 Å². The summed E-state index contributed by atoms with van der Waals surface area (Å²) in [5.74, 6) is 0. The van der Waals surface area contributed by atoms with Crippen molar-refractivity contribution in [3.8, 4) is 22.3 Å². The van der Waals surface area contributed by atoms with E-state index in [4.69, 9.17) is 0 Å². The molecular weight excluding hydrogens is 370 g/mol. The minimum atomic E-state index is 1.07. The Bertz CT molecular complexity index is 1510. The number of hydrogen-bond donors (Lipinski definition) is 0. The molecule has 0 aliphatic heterocycles. The average Bonchev–Trinajstić information content (AvgIpc) is 3.27. The van der Waals surface area contributed by atoms with Gasteiger partial charge in [0.25, 0.3) is 0 Å². The quantitative estimate of drug-likeness (QED) is 0.275. The summed E-state index contributed by atoms with van der Waals surface area (Å²) in [4.78, 5) is 4.39. The van der Waals surface area contributed by atoms with E-state index >= 15 is 0 Å². The SMILES string of the molecule is c1cc(-c2ccc3c(ccc4ccccc43)c2)cc(-c2ccc3ncsc3c2)c1. The van der Waals surface area contributed by atoms with Gasteiger partial charge >= 0.3 is 0 Å². The minimum Gasteiger partial charge on any atom is -0.245 e. The monoisotopic (exact) mass is 387 g/mol. The van der Waals surface area contributed by atoms with Crippen LogP contribution in [0.5, 0.6) is 0 Å². The lowest BCUT2D eigenvalue weighted by Crippen LogP contribution is -1.83. The molecule has 5 aromatic carbocycles. The van der Waals surface area contributed by atoms with Crippen molar-refractivity contribution in [3.63, 3.8) is 0 Å². The predicted molar refractivity (Wildman–Crippen MR) is 126 cm³/mol. The Labute approximate surface area is 172 Å². The van der Waals surface area contributed by atoms with E-state index < -0.39 is 0 Å². The van der Waals surface area contributed by atoms with Crippen LogP contribution in [0.25, 0.3) is 54.0 Å². The third-order valence-electron chi connectivity index (χ3n) is 5.61. The molecule has 0 fully saturated rings. The highest BCUT2D eigenvalue weighted by Gasteiger charge is 2.06. The highest BCUT2D eigenvalue weighted by Crippen LogP contribution is 2.32. The molecule has 1 aromatic heterocycles. The van der Waals surface area contributed by atoms with Gasteiger partial charge in [-0.25, -0.2) is 4.98 Å². The molecule has 0 N–H and O–H groups in total. The van der Waals surface area contributed by atoms with E-state index in [0.29, 0.717) is 0 Å². The Morgan fingerprint density at radius 3 is 2.17 bits per heavy atom. The lowest BCUT2D eigenvalue weighted by Gasteiger charge is -2.09. The van der Waals surface area contributed by atoms with Crippen LogP contribution in [0.15, 0.2) is 103 Å². The van der Waals surface area contributed by atoms with Gasteiger partial charge in [-0.3, -0.25) is 0 Å². The second kappa shape index (κ2) is 6.54. The molecule has 1 nitrogen and oxygen atoms in total. The van der Waals surface area contributed by atoms with Gasteiger partial charge in [-0.2, -0.15) is 0 Å². The lowest BCUT2D eigenvalue weighted by molar-refractivity contribution is 1.50. The van der Waals surface area contributed by atoms with Gasteiger partial charge in [-0.15, -0.1) is 11.3 Å². The number of fused-ring (bicyclic) bond motifs is 4. The van der Waals surface area contributed by atoms with Gasteiger partial charge in [0, 0.05) is 0 Å². The first-order valence-electron chi connectivity index (χ1n) is 9.71. The largest absolute Gasteiger partial charge is 0.245 e. The molecule has 0 amide bonds. The lowest BCUT2D eigenvalue weighted by atomic mass is 9.95. The van der Waals surface area contributed by atoms with Crippen LogP contribution < -0.4 is 0 Å². The van der Waals surface area contributed by atoms with E-state index in [1.807, 2.05) is 5.51 Å². The van der Waals surface area contributed by atoms with Crippen molar-refractivity contribution in [1.82, 2.24) is 4.98 Å². The summed E-state index contributed by atoms with van der Waals surface area (Å²) in [5, 5.41) is 5.17. The second-order valence-corrected chi connectivity index (χ2v) is 8.22. The molecule has 6 rings (SSSR count). The van der Waals surface area contributed by atoms with Gasteiger partial charge in [0.2, 0.25) is 0 Å². The summed E-state index contributed by atoms with van der Waals surface area (Å²) in [5.41, 5.74) is 7.92. The minimum absolute atomic E-state index is 1.07. The number of benzene rings is 5. The first kappa shape index (κ1) is 16.5. The zero-order chi connectivity index (χ0) is 19.2. The number of hydrogen-bond acceptors (Lipinski definition) is 2. The molecule has 0 radical (unpaired) electrons. The Kier molecular flexibility index (Phi) is 3.71. The number of aromatic nitrogens is 1. The van der Waals surface area contributed by atoms with Crippen LogP contribution in [0.1, 0.15) is 0 Å². The first-order valence-corrected chi connectivity index (χ1v) is 10.6. The van der Waals surface area contributed by atoms with Crippen LogP contribution in [0.2, 0.25) is 0 Å². The highest BCUT2D eigenvalue weighted by atomic mass is 32.1. The zero-order valence-electron chi connectivity index (χ0n) is 15.7. The van der Waals surface area contributed by atoms with Gasteiger partial charge < -0.3 is 0 Å². The molecule has 0 spiro atoms. The van der Waals surface area contributed by atoms with Gasteiger partial charge in [-0.05, 0) is 68.1 Å². The summed E-state index contributed by atoms with van der Waals surface area (Å²) in [6.07, 6.45) is 0. The molecule has 1 heterocycles. The van der Waals surface area contributed by atoms with E-state index in [9.17, 15) is 0 Å². The molecule has 0 bridgehead atoms. The average molecular weight is 388 g/mol. The third-order valence-corrected chi connectivity index (χ3v) is 6.40. The molecule has 2 heteroatoms. The highest BCUT2D eigenvalue weighted by molar-refractivity contribution is 7.16. The Hall–Kier alpha value is -3.49. The van der Waals surface area contributed by atoms with Crippen molar-refractivity contribution >= 4 is 43.1 Å². The Morgan fingerprint density at radius 1 is 0.517 bits per heavy atom. The van der Waals surface area contributed by atoms with Crippen LogP contribution in [-0.4, -0.2) is 4.98 Å². The Balaban J connectivity index is 1.47. The third kappa shape index (κ3) is 2.81. The van der Waals surface area contributed by atoms with Crippen molar-refractivity contribution in [1.29, 1.82) is 0 Å². The van der Waals surface area contributed by atoms with Crippen molar-refractivity contribution in [2.75, 3.05) is 0 Å². The molecule has 0 aliphatic carbocycles. The molecule has 0 saturated carbocycles. The fraction of sp³-hybridized carbons (Fsp3) is 0. The molecule has 29 heavy (non-hydrogen) atoms. The van der Waals surface area contributed by atoms with E-state index in [0.717, 1.165) is 5.52 Å². The molecule has 6 aromatic rings. The van der Waals surface area contributed by atoms with Crippen molar-refractivity contribution in [2.45, 2.75) is 0 Å². The number of thiazole rings is 1. The maximum absolute atomic E-state index is 4.39. The second-order valence-electron chi connectivity index (χ2n) is 7.34. The molecule has 0 atom stereocenters. The predicted octanol–water partition coefficient (Wildman–Crippen LogP) is 7.94. The van der Waals surface area contributed by atoms with E-state index in [-0.39, 0.29) is 0 Å². The maximum Gasteiger partial charge on any atom is 0.0812 e. The van der Waals surface area contributed by atoms with Crippen molar-refractivity contribution in [2.24, 2.45) is 0 Å². The fourth-order valence-electron chi connectivity index (χ4n) is 4.11. The van der Waals surface area contributed by atoms with E-state index in [1.54, 1.807) is 11.3 Å². The van der Waals surface area contributed by atoms with Gasteiger partial charge in [0.05, 0.1) is 15.7 Å². The summed E-state index contributed by atoms with van der Waals surface area (Å²) >= 11 is 1.69. The molecule has 136 valence electrons. The molecule has 0 aliphatic rings. The zero-order valence-corrected chi connectivity index (χ0v) is 16.5. The van der Waals surface area contributed by atoms with Crippen LogP contribution >= 0.6 is 11.3 Å². The molecular formula is C27H17NS. The summed E-state index contributed by atoms with van der Waals surface area (Å²) in [6.45, 7) is 0. The van der Waals surface area contributed by atoms with Crippen molar-refractivity contribution in [3.05, 3.63) is 103 Å². The standard InChI is InChI=1S/C27H17NS/c1-2-7-24-18(4-1)8-9-23-15-21(10-12-25(23)24)19-5-3-6-20(14-19)22-11-13-26-27(16-22)29-17-28-26/h1-17H. The summed E-state index contributed by atoms with van der Waals surface area (Å²) in [6, 6.07) is 35.1. The molecule has 0 saturated heterocycles. The maximum atomic E-state index is 4.39. The van der Waals surface area contributed by atoms with Crippen LogP contribution in [0.3, 0.4) is 0 Å². The van der Waals surface area contributed by atoms with Gasteiger partial charge in [0.15, 0.2) is 0 Å². The van der Waals surface area contributed by atoms with Gasteiger partial charge in [-0.1, -0.05) is 72.8 Å². The van der Waals surface area contributed by atoms with Gasteiger partial charge in [0.1, 0.15) is 0 Å². The smallest absolute Gasteiger partial charge is 0.0812 e. The molecule has 0 unspecified atom stereocenters. The summed E-state index contributed by atoms with van der Waals surface area (Å²) in [7, 11) is 0. The fourth-order valence-corrected chi connectivity index (χ4v) is 4.82. The normalized spacial score (nSPS) is 11.4. The van der Waals surface area contributed by atoms with Crippen LogP contribution in [0.4, 0.5) is 0 Å². The first-order chi connectivity index (χ1) is 14.3.